The van der Waals surface area contributed by atoms with E-state index >= 15 is 0 Å². The maximum absolute atomic E-state index is 13.1. The summed E-state index contributed by atoms with van der Waals surface area (Å²) in [6, 6.07) is 12.6. The normalized spacial score (nSPS) is 17.6. The molecule has 1 fully saturated rings. The summed E-state index contributed by atoms with van der Waals surface area (Å²) in [5.74, 6) is 0.329. The van der Waals surface area contributed by atoms with Crippen molar-refractivity contribution in [2.24, 2.45) is 0 Å². The highest BCUT2D eigenvalue weighted by atomic mass is 35.5. The molecule has 0 aliphatic carbocycles. The molecule has 0 spiro atoms. The topological polar surface area (TPSA) is 92.6 Å². The molecule has 2 aliphatic heterocycles. The maximum atomic E-state index is 13.1. The zero-order valence-electron chi connectivity index (χ0n) is 18.6. The van der Waals surface area contributed by atoms with Crippen LogP contribution in [0.3, 0.4) is 0 Å². The zero-order valence-corrected chi connectivity index (χ0v) is 19.3. The second kappa shape index (κ2) is 9.72. The Labute approximate surface area is 202 Å². The third-order valence-electron chi connectivity index (χ3n) is 6.04. The van der Waals surface area contributed by atoms with Crippen molar-refractivity contribution in [3.8, 4) is 11.4 Å². The standard InChI is InChI=1S/C24H25ClN6O3/c25-17-8-9-19(31-16-26-15-27-31)18(12-17)28-23(32)14-30-13-22(24(33)29-10-4-1-5-11-29)34-21-7-3-2-6-20(21)30/h2-3,6-9,12,15-16,22H,1,4-5,10-11,13-14H2,(H,28,32)/t22-/m0/s1. The molecule has 0 saturated carbocycles. The summed E-state index contributed by atoms with van der Waals surface area (Å²) in [7, 11) is 0. The predicted molar refractivity (Wildman–Crippen MR) is 129 cm³/mol. The van der Waals surface area contributed by atoms with E-state index in [1.54, 1.807) is 29.2 Å². The Bertz CT molecular complexity index is 1180. The van der Waals surface area contributed by atoms with Gasteiger partial charge < -0.3 is 19.9 Å². The Hall–Kier alpha value is -3.59. The fraction of sp³-hybridized carbons (Fsp3) is 0.333. The number of likely N-dealkylation sites (tertiary alicyclic amines) is 1. The van der Waals surface area contributed by atoms with E-state index in [0.29, 0.717) is 28.7 Å². The van der Waals surface area contributed by atoms with Crippen LogP contribution in [0.25, 0.3) is 5.69 Å². The number of carbonyl (C=O) groups excluding carboxylic acids is 2. The zero-order chi connectivity index (χ0) is 23.5. The summed E-state index contributed by atoms with van der Waals surface area (Å²) in [4.78, 5) is 34.0. The first-order chi connectivity index (χ1) is 16.6. The number of piperidine rings is 1. The second-order valence-electron chi connectivity index (χ2n) is 8.39. The highest BCUT2D eigenvalue weighted by Gasteiger charge is 2.34. The van der Waals surface area contributed by atoms with Crippen molar-refractivity contribution in [1.82, 2.24) is 19.7 Å². The average molecular weight is 481 g/mol. The number of fused-ring (bicyclic) bond motifs is 1. The first-order valence-corrected chi connectivity index (χ1v) is 11.7. The molecule has 34 heavy (non-hydrogen) atoms. The molecule has 2 aliphatic rings. The van der Waals surface area contributed by atoms with Crippen LogP contribution in [0, 0.1) is 0 Å². The molecular weight excluding hydrogens is 456 g/mol. The van der Waals surface area contributed by atoms with Crippen LogP contribution in [0.2, 0.25) is 5.02 Å². The van der Waals surface area contributed by atoms with Crippen LogP contribution in [0.4, 0.5) is 11.4 Å². The number of hydrogen-bond acceptors (Lipinski definition) is 6. The third-order valence-corrected chi connectivity index (χ3v) is 6.27. The molecule has 1 aromatic heterocycles. The summed E-state index contributed by atoms with van der Waals surface area (Å²) < 4.78 is 7.62. The molecule has 1 N–H and O–H groups in total. The Kier molecular flexibility index (Phi) is 6.35. The van der Waals surface area contributed by atoms with Crippen LogP contribution >= 0.6 is 11.6 Å². The Morgan fingerprint density at radius 2 is 1.91 bits per heavy atom. The lowest BCUT2D eigenvalue weighted by atomic mass is 10.1. The molecule has 176 valence electrons. The van der Waals surface area contributed by atoms with Crippen LogP contribution in [0.5, 0.6) is 5.75 Å². The minimum Gasteiger partial charge on any atom is -0.477 e. The number of rotatable bonds is 5. The molecule has 0 unspecified atom stereocenters. The number of nitrogens with zero attached hydrogens (tertiary/aromatic N) is 5. The van der Waals surface area contributed by atoms with Crippen molar-refractivity contribution in [2.75, 3.05) is 36.4 Å². The molecule has 10 heteroatoms. The third kappa shape index (κ3) is 4.70. The van der Waals surface area contributed by atoms with E-state index in [1.165, 1.54) is 6.33 Å². The molecule has 9 nitrogen and oxygen atoms in total. The van der Waals surface area contributed by atoms with Crippen molar-refractivity contribution in [2.45, 2.75) is 25.4 Å². The molecule has 2 amide bonds. The largest absolute Gasteiger partial charge is 0.477 e. The lowest BCUT2D eigenvalue weighted by molar-refractivity contribution is -0.139. The molecule has 2 aromatic carbocycles. The van der Waals surface area contributed by atoms with Gasteiger partial charge >= 0.3 is 0 Å². The van der Waals surface area contributed by atoms with Crippen LogP contribution in [-0.4, -0.2) is 63.8 Å². The Morgan fingerprint density at radius 1 is 1.09 bits per heavy atom. The number of ether oxygens (including phenoxy) is 1. The van der Waals surface area contributed by atoms with Gasteiger partial charge in [0, 0.05) is 18.1 Å². The summed E-state index contributed by atoms with van der Waals surface area (Å²) >= 11 is 6.18. The minimum atomic E-state index is -0.655. The highest BCUT2D eigenvalue weighted by Crippen LogP contribution is 2.34. The van der Waals surface area contributed by atoms with Gasteiger partial charge in [0.1, 0.15) is 18.4 Å². The second-order valence-corrected chi connectivity index (χ2v) is 8.83. The molecule has 5 rings (SSSR count). The van der Waals surface area contributed by atoms with E-state index in [4.69, 9.17) is 16.3 Å². The number of aromatic nitrogens is 3. The molecule has 0 bridgehead atoms. The van der Waals surface area contributed by atoms with Gasteiger partial charge in [-0.3, -0.25) is 9.59 Å². The molecule has 1 atom stereocenters. The van der Waals surface area contributed by atoms with E-state index in [2.05, 4.69) is 15.4 Å². The van der Waals surface area contributed by atoms with E-state index in [0.717, 1.165) is 38.0 Å². The van der Waals surface area contributed by atoms with Gasteiger partial charge in [0.25, 0.3) is 5.91 Å². The number of benzene rings is 2. The molecule has 0 radical (unpaired) electrons. The summed E-state index contributed by atoms with van der Waals surface area (Å²) in [5, 5.41) is 7.57. The number of hydrogen-bond donors (Lipinski definition) is 1. The fourth-order valence-corrected chi connectivity index (χ4v) is 4.58. The van der Waals surface area contributed by atoms with E-state index in [1.807, 2.05) is 34.1 Å². The number of para-hydroxylation sites is 2. The summed E-state index contributed by atoms with van der Waals surface area (Å²) in [6.07, 6.45) is 5.48. The quantitative estimate of drug-likeness (QED) is 0.603. The van der Waals surface area contributed by atoms with Crippen molar-refractivity contribution in [1.29, 1.82) is 0 Å². The SMILES string of the molecule is O=C(CN1C[C@@H](C(=O)N2CCCCC2)Oc2ccccc21)Nc1cc(Cl)ccc1-n1cncn1. The van der Waals surface area contributed by atoms with Gasteiger partial charge in [-0.15, -0.1) is 0 Å². The van der Waals surface area contributed by atoms with Gasteiger partial charge in [0.05, 0.1) is 30.2 Å². The van der Waals surface area contributed by atoms with Crippen LogP contribution in [-0.2, 0) is 9.59 Å². The predicted octanol–water partition coefficient (Wildman–Crippen LogP) is 3.14. The number of carbonyl (C=O) groups is 2. The minimum absolute atomic E-state index is 0.0251. The van der Waals surface area contributed by atoms with Crippen LogP contribution < -0.4 is 15.0 Å². The lowest BCUT2D eigenvalue weighted by Gasteiger charge is -2.38. The Morgan fingerprint density at radius 3 is 2.71 bits per heavy atom. The number of nitrogens with one attached hydrogen (secondary N) is 1. The van der Waals surface area contributed by atoms with Gasteiger partial charge in [0.15, 0.2) is 6.10 Å². The van der Waals surface area contributed by atoms with Crippen LogP contribution in [0.1, 0.15) is 19.3 Å². The Balaban J connectivity index is 1.34. The van der Waals surface area contributed by atoms with Gasteiger partial charge in [0.2, 0.25) is 5.91 Å². The van der Waals surface area contributed by atoms with Gasteiger partial charge in [-0.05, 0) is 49.6 Å². The van der Waals surface area contributed by atoms with E-state index < -0.39 is 6.10 Å². The number of anilines is 2. The van der Waals surface area contributed by atoms with Gasteiger partial charge in [-0.2, -0.15) is 5.10 Å². The van der Waals surface area contributed by atoms with Crippen LogP contribution in [0.15, 0.2) is 55.1 Å². The average Bonchev–Trinajstić information content (AvgIpc) is 3.39. The molecule has 3 heterocycles. The number of halogens is 1. The first-order valence-electron chi connectivity index (χ1n) is 11.3. The summed E-state index contributed by atoms with van der Waals surface area (Å²) in [5.41, 5.74) is 1.95. The molecule has 3 aromatic rings. The van der Waals surface area contributed by atoms with Crippen molar-refractivity contribution in [3.05, 3.63) is 60.1 Å². The monoisotopic (exact) mass is 480 g/mol. The van der Waals surface area contributed by atoms with Crippen molar-refractivity contribution in [3.63, 3.8) is 0 Å². The highest BCUT2D eigenvalue weighted by molar-refractivity contribution is 6.31. The van der Waals surface area contributed by atoms with Crippen molar-refractivity contribution < 1.29 is 14.3 Å². The smallest absolute Gasteiger partial charge is 0.265 e. The fourth-order valence-electron chi connectivity index (χ4n) is 4.41. The van der Waals surface area contributed by atoms with E-state index in [9.17, 15) is 9.59 Å². The molecule has 1 saturated heterocycles. The lowest BCUT2D eigenvalue weighted by Crippen LogP contribution is -2.52. The number of amides is 2. The first kappa shape index (κ1) is 22.2. The van der Waals surface area contributed by atoms with Gasteiger partial charge in [-0.1, -0.05) is 23.7 Å². The van der Waals surface area contributed by atoms with Gasteiger partial charge in [-0.25, -0.2) is 9.67 Å². The van der Waals surface area contributed by atoms with Crippen molar-refractivity contribution >= 4 is 34.8 Å². The molecular formula is C24H25ClN6O3. The maximum Gasteiger partial charge on any atom is 0.265 e. The summed E-state index contributed by atoms with van der Waals surface area (Å²) in [6.45, 7) is 1.85. The van der Waals surface area contributed by atoms with E-state index in [-0.39, 0.29) is 18.4 Å².